The van der Waals surface area contributed by atoms with E-state index in [4.69, 9.17) is 5.73 Å². The summed E-state index contributed by atoms with van der Waals surface area (Å²) >= 11 is 0. The summed E-state index contributed by atoms with van der Waals surface area (Å²) < 4.78 is 0. The third-order valence-corrected chi connectivity index (χ3v) is 2.72. The Kier molecular flexibility index (Phi) is 6.65. The SMILES string of the molecule is CCCCC(CC)CC(C)C(N)=O. The van der Waals surface area contributed by atoms with Crippen molar-refractivity contribution in [3.8, 4) is 0 Å². The molecular weight excluding hydrogens is 162 g/mol. The number of carbonyl (C=O) groups is 1. The molecule has 0 aromatic rings. The van der Waals surface area contributed by atoms with E-state index in [2.05, 4.69) is 13.8 Å². The van der Waals surface area contributed by atoms with Gasteiger partial charge in [0.25, 0.3) is 0 Å². The monoisotopic (exact) mass is 185 g/mol. The molecule has 0 aliphatic heterocycles. The van der Waals surface area contributed by atoms with E-state index in [9.17, 15) is 4.79 Å². The highest BCUT2D eigenvalue weighted by Crippen LogP contribution is 2.21. The number of carbonyl (C=O) groups excluding carboxylic acids is 1. The van der Waals surface area contributed by atoms with Crippen molar-refractivity contribution in [2.24, 2.45) is 17.6 Å². The highest BCUT2D eigenvalue weighted by molar-refractivity contribution is 5.76. The maximum Gasteiger partial charge on any atom is 0.220 e. The number of primary amides is 1. The van der Waals surface area contributed by atoms with Crippen LogP contribution in [0.3, 0.4) is 0 Å². The van der Waals surface area contributed by atoms with Gasteiger partial charge in [0.05, 0.1) is 0 Å². The average Bonchev–Trinajstić information content (AvgIpc) is 2.11. The zero-order chi connectivity index (χ0) is 10.3. The van der Waals surface area contributed by atoms with Crippen molar-refractivity contribution < 1.29 is 4.79 Å². The Morgan fingerprint density at radius 1 is 1.38 bits per heavy atom. The molecule has 2 nitrogen and oxygen atoms in total. The smallest absolute Gasteiger partial charge is 0.220 e. The largest absolute Gasteiger partial charge is 0.369 e. The van der Waals surface area contributed by atoms with Crippen LogP contribution < -0.4 is 5.73 Å². The molecular formula is C11H23NO. The first-order chi connectivity index (χ1) is 6.11. The normalized spacial score (nSPS) is 15.3. The maximum atomic E-state index is 10.8. The first kappa shape index (κ1) is 12.5. The number of hydrogen-bond donors (Lipinski definition) is 1. The Labute approximate surface area is 81.9 Å². The van der Waals surface area contributed by atoms with Crippen molar-refractivity contribution in [3.63, 3.8) is 0 Å². The fraction of sp³-hybridized carbons (Fsp3) is 0.909. The molecule has 13 heavy (non-hydrogen) atoms. The lowest BCUT2D eigenvalue weighted by Crippen LogP contribution is -2.22. The molecule has 0 heterocycles. The minimum atomic E-state index is -0.157. The van der Waals surface area contributed by atoms with Crippen molar-refractivity contribution >= 4 is 5.91 Å². The zero-order valence-corrected chi connectivity index (χ0v) is 9.18. The first-order valence-electron chi connectivity index (χ1n) is 5.41. The number of nitrogens with two attached hydrogens (primary N) is 1. The average molecular weight is 185 g/mol. The summed E-state index contributed by atoms with van der Waals surface area (Å²) in [6.07, 6.45) is 5.87. The second-order valence-electron chi connectivity index (χ2n) is 3.96. The van der Waals surface area contributed by atoms with Crippen molar-refractivity contribution in [1.82, 2.24) is 0 Å². The Morgan fingerprint density at radius 3 is 2.38 bits per heavy atom. The molecule has 0 aliphatic carbocycles. The van der Waals surface area contributed by atoms with E-state index in [0.717, 1.165) is 12.8 Å². The van der Waals surface area contributed by atoms with Gasteiger partial charge in [-0.2, -0.15) is 0 Å². The standard InChI is InChI=1S/C11H23NO/c1-4-6-7-10(5-2)8-9(3)11(12)13/h9-10H,4-8H2,1-3H3,(H2,12,13). The van der Waals surface area contributed by atoms with Crippen LogP contribution in [0, 0.1) is 11.8 Å². The van der Waals surface area contributed by atoms with Gasteiger partial charge in [-0.3, -0.25) is 4.79 Å². The molecule has 78 valence electrons. The molecule has 2 unspecified atom stereocenters. The Morgan fingerprint density at radius 2 is 2.00 bits per heavy atom. The van der Waals surface area contributed by atoms with Crippen molar-refractivity contribution in [1.29, 1.82) is 0 Å². The van der Waals surface area contributed by atoms with Gasteiger partial charge in [-0.05, 0) is 12.3 Å². The minimum absolute atomic E-state index is 0.0433. The lowest BCUT2D eigenvalue weighted by Gasteiger charge is -2.17. The third-order valence-electron chi connectivity index (χ3n) is 2.72. The van der Waals surface area contributed by atoms with Gasteiger partial charge in [-0.1, -0.05) is 46.5 Å². The third kappa shape index (κ3) is 5.67. The Hall–Kier alpha value is -0.530. The lowest BCUT2D eigenvalue weighted by molar-refractivity contribution is -0.121. The molecule has 0 aliphatic rings. The van der Waals surface area contributed by atoms with Crippen molar-refractivity contribution in [2.75, 3.05) is 0 Å². The maximum absolute atomic E-state index is 10.8. The van der Waals surface area contributed by atoms with Gasteiger partial charge in [-0.15, -0.1) is 0 Å². The van der Waals surface area contributed by atoms with E-state index < -0.39 is 0 Å². The van der Waals surface area contributed by atoms with Crippen LogP contribution in [0.2, 0.25) is 0 Å². The molecule has 0 fully saturated rings. The number of unbranched alkanes of at least 4 members (excludes halogenated alkanes) is 1. The molecule has 0 spiro atoms. The summed E-state index contributed by atoms with van der Waals surface area (Å²) in [5.74, 6) is 0.569. The van der Waals surface area contributed by atoms with E-state index in [1.807, 2.05) is 6.92 Å². The van der Waals surface area contributed by atoms with Gasteiger partial charge < -0.3 is 5.73 Å². The van der Waals surface area contributed by atoms with Gasteiger partial charge >= 0.3 is 0 Å². The molecule has 0 aromatic carbocycles. The molecule has 0 bridgehead atoms. The topological polar surface area (TPSA) is 43.1 Å². The molecule has 0 saturated heterocycles. The number of rotatable bonds is 7. The van der Waals surface area contributed by atoms with Crippen molar-refractivity contribution in [3.05, 3.63) is 0 Å². The zero-order valence-electron chi connectivity index (χ0n) is 9.18. The highest BCUT2D eigenvalue weighted by atomic mass is 16.1. The molecule has 2 heteroatoms. The van der Waals surface area contributed by atoms with E-state index in [0.29, 0.717) is 5.92 Å². The second-order valence-corrected chi connectivity index (χ2v) is 3.96. The van der Waals surface area contributed by atoms with E-state index >= 15 is 0 Å². The number of hydrogen-bond acceptors (Lipinski definition) is 1. The second kappa shape index (κ2) is 6.93. The molecule has 2 N–H and O–H groups in total. The van der Waals surface area contributed by atoms with Crippen LogP contribution in [0.1, 0.15) is 52.9 Å². The summed E-state index contributed by atoms with van der Waals surface area (Å²) in [4.78, 5) is 10.8. The summed E-state index contributed by atoms with van der Waals surface area (Å²) in [7, 11) is 0. The van der Waals surface area contributed by atoms with Gasteiger partial charge in [0.15, 0.2) is 0 Å². The van der Waals surface area contributed by atoms with Crippen LogP contribution in [-0.2, 0) is 4.79 Å². The predicted octanol–water partition coefficient (Wildman–Crippen LogP) is 2.71. The molecule has 1 amide bonds. The molecule has 0 aromatic heterocycles. The van der Waals surface area contributed by atoms with Gasteiger partial charge in [0.2, 0.25) is 5.91 Å². The fourth-order valence-electron chi connectivity index (χ4n) is 1.60. The molecule has 0 rings (SSSR count). The van der Waals surface area contributed by atoms with Crippen LogP contribution in [0.25, 0.3) is 0 Å². The summed E-state index contributed by atoms with van der Waals surface area (Å²) in [6.45, 7) is 6.31. The molecule has 0 radical (unpaired) electrons. The van der Waals surface area contributed by atoms with Crippen LogP contribution in [0.4, 0.5) is 0 Å². The van der Waals surface area contributed by atoms with E-state index in [1.165, 1.54) is 19.3 Å². The van der Waals surface area contributed by atoms with Crippen LogP contribution >= 0.6 is 0 Å². The quantitative estimate of drug-likeness (QED) is 0.651. The van der Waals surface area contributed by atoms with Crippen molar-refractivity contribution in [2.45, 2.75) is 52.9 Å². The van der Waals surface area contributed by atoms with Crippen LogP contribution in [0.15, 0.2) is 0 Å². The fourth-order valence-corrected chi connectivity index (χ4v) is 1.60. The Balaban J connectivity index is 3.75. The summed E-state index contributed by atoms with van der Waals surface area (Å²) in [6, 6.07) is 0. The molecule has 0 saturated carbocycles. The van der Waals surface area contributed by atoms with Crippen LogP contribution in [0.5, 0.6) is 0 Å². The summed E-state index contributed by atoms with van der Waals surface area (Å²) in [5.41, 5.74) is 5.23. The van der Waals surface area contributed by atoms with E-state index in [-0.39, 0.29) is 11.8 Å². The van der Waals surface area contributed by atoms with E-state index in [1.54, 1.807) is 0 Å². The Bertz CT molecular complexity index is 145. The summed E-state index contributed by atoms with van der Waals surface area (Å²) in [5, 5.41) is 0. The van der Waals surface area contributed by atoms with Gasteiger partial charge in [0.1, 0.15) is 0 Å². The van der Waals surface area contributed by atoms with Gasteiger partial charge in [-0.25, -0.2) is 0 Å². The molecule has 2 atom stereocenters. The first-order valence-corrected chi connectivity index (χ1v) is 5.41. The number of amides is 1. The van der Waals surface area contributed by atoms with Crippen LogP contribution in [-0.4, -0.2) is 5.91 Å². The predicted molar refractivity (Wildman–Crippen MR) is 56.3 cm³/mol. The lowest BCUT2D eigenvalue weighted by atomic mass is 9.89. The highest BCUT2D eigenvalue weighted by Gasteiger charge is 2.14. The minimum Gasteiger partial charge on any atom is -0.369 e. The van der Waals surface area contributed by atoms with Gasteiger partial charge in [0, 0.05) is 5.92 Å².